The molecule has 0 bridgehead atoms. The number of nitrogens with zero attached hydrogens (tertiary/aromatic N) is 2. The van der Waals surface area contributed by atoms with Crippen molar-refractivity contribution in [3.05, 3.63) is 63.6 Å². The Balaban J connectivity index is 1.61. The smallest absolute Gasteiger partial charge is 0.290 e. The largest absolute Gasteiger partial charge is 0.503 e. The number of aliphatic hydroxyl groups excluding tert-OH is 1. The standard InChI is InChI=1S/C26H32N2O5S/c1-2-3-4-14-33-20-8-5-7-19(18-20)23-22(24(29)21-9-6-17-34-21)25(30)26(31)28(23)11-10-27-12-15-32-16-13-27/h5-9,17-18,23,30H,2-4,10-16H2,1H3/t23-/m0/s1. The molecular weight excluding hydrogens is 452 g/mol. The minimum atomic E-state index is -0.665. The van der Waals surface area contributed by atoms with E-state index < -0.39 is 17.7 Å². The second-order valence-corrected chi connectivity index (χ2v) is 9.50. The van der Waals surface area contributed by atoms with Crippen LogP contribution in [0, 0.1) is 0 Å². The monoisotopic (exact) mass is 484 g/mol. The van der Waals surface area contributed by atoms with Gasteiger partial charge in [-0.05, 0) is 35.6 Å². The molecule has 0 unspecified atom stereocenters. The summed E-state index contributed by atoms with van der Waals surface area (Å²) < 4.78 is 11.4. The fourth-order valence-corrected chi connectivity index (χ4v) is 5.07. The van der Waals surface area contributed by atoms with Crippen LogP contribution in [0.4, 0.5) is 0 Å². The molecule has 4 rings (SSSR count). The summed E-state index contributed by atoms with van der Waals surface area (Å²) in [6.45, 7) is 6.74. The zero-order chi connectivity index (χ0) is 23.9. The van der Waals surface area contributed by atoms with Crippen molar-refractivity contribution in [2.75, 3.05) is 46.0 Å². The van der Waals surface area contributed by atoms with Gasteiger partial charge in [-0.1, -0.05) is 38.0 Å². The Hall–Kier alpha value is -2.68. The second-order valence-electron chi connectivity index (χ2n) is 8.55. The Kier molecular flexibility index (Phi) is 8.37. The van der Waals surface area contributed by atoms with Crippen LogP contribution in [0.1, 0.15) is 47.5 Å². The molecular formula is C26H32N2O5S. The van der Waals surface area contributed by atoms with Gasteiger partial charge in [0.05, 0.1) is 36.3 Å². The molecule has 3 heterocycles. The Morgan fingerprint density at radius 3 is 2.74 bits per heavy atom. The summed E-state index contributed by atoms with van der Waals surface area (Å²) in [5.41, 5.74) is 0.893. The molecule has 1 aromatic carbocycles. The molecule has 1 atom stereocenters. The molecule has 2 aliphatic heterocycles. The van der Waals surface area contributed by atoms with Gasteiger partial charge >= 0.3 is 0 Å². The van der Waals surface area contributed by atoms with Crippen LogP contribution in [0.2, 0.25) is 0 Å². The Labute approximate surface area is 204 Å². The van der Waals surface area contributed by atoms with Gasteiger partial charge in [-0.15, -0.1) is 11.3 Å². The average molecular weight is 485 g/mol. The number of aliphatic hydroxyl groups is 1. The van der Waals surface area contributed by atoms with Crippen molar-refractivity contribution in [1.29, 1.82) is 0 Å². The topological polar surface area (TPSA) is 79.3 Å². The maximum absolute atomic E-state index is 13.4. The van der Waals surface area contributed by atoms with Gasteiger partial charge < -0.3 is 19.5 Å². The molecule has 8 heteroatoms. The predicted molar refractivity (Wildman–Crippen MR) is 131 cm³/mol. The summed E-state index contributed by atoms with van der Waals surface area (Å²) in [4.78, 5) is 30.9. The number of amides is 1. The Morgan fingerprint density at radius 2 is 2.00 bits per heavy atom. The first-order chi connectivity index (χ1) is 16.6. The SMILES string of the molecule is CCCCCOc1cccc([C@H]2C(C(=O)c3cccs3)=C(O)C(=O)N2CCN2CCOCC2)c1. The summed E-state index contributed by atoms with van der Waals surface area (Å²) in [6.07, 6.45) is 3.18. The van der Waals surface area contributed by atoms with Crippen LogP contribution in [0.15, 0.2) is 53.1 Å². The van der Waals surface area contributed by atoms with Crippen LogP contribution >= 0.6 is 11.3 Å². The summed E-state index contributed by atoms with van der Waals surface area (Å²) in [7, 11) is 0. The molecule has 0 spiro atoms. The molecule has 182 valence electrons. The van der Waals surface area contributed by atoms with Gasteiger partial charge in [0, 0.05) is 26.2 Å². The molecule has 7 nitrogen and oxygen atoms in total. The Morgan fingerprint density at radius 1 is 1.18 bits per heavy atom. The lowest BCUT2D eigenvalue weighted by Gasteiger charge is -2.31. The molecule has 1 N–H and O–H groups in total. The minimum Gasteiger partial charge on any atom is -0.503 e. The van der Waals surface area contributed by atoms with Gasteiger partial charge in [0.1, 0.15) is 5.75 Å². The van der Waals surface area contributed by atoms with Crippen LogP contribution in [-0.2, 0) is 9.53 Å². The maximum atomic E-state index is 13.4. The van der Waals surface area contributed by atoms with Crippen LogP contribution < -0.4 is 4.74 Å². The number of benzene rings is 1. The van der Waals surface area contributed by atoms with Crippen molar-refractivity contribution < 1.29 is 24.2 Å². The van der Waals surface area contributed by atoms with Crippen LogP contribution in [0.5, 0.6) is 5.75 Å². The zero-order valence-electron chi connectivity index (χ0n) is 19.6. The predicted octanol–water partition coefficient (Wildman–Crippen LogP) is 4.23. The van der Waals surface area contributed by atoms with E-state index in [0.29, 0.717) is 43.5 Å². The van der Waals surface area contributed by atoms with Crippen molar-refractivity contribution in [3.63, 3.8) is 0 Å². The van der Waals surface area contributed by atoms with Crippen molar-refractivity contribution >= 4 is 23.0 Å². The van der Waals surface area contributed by atoms with E-state index in [1.54, 1.807) is 17.0 Å². The molecule has 2 aromatic rings. The number of Topliss-reactive ketones (excluding diaryl/α,β-unsaturated/α-hetero) is 1. The molecule has 0 radical (unpaired) electrons. The highest BCUT2D eigenvalue weighted by molar-refractivity contribution is 7.12. The van der Waals surface area contributed by atoms with Gasteiger partial charge in [0.25, 0.3) is 5.91 Å². The number of unbranched alkanes of at least 4 members (excludes halogenated alkanes) is 2. The molecule has 1 amide bonds. The number of hydrogen-bond donors (Lipinski definition) is 1. The highest BCUT2D eigenvalue weighted by Crippen LogP contribution is 2.40. The van der Waals surface area contributed by atoms with E-state index in [4.69, 9.17) is 9.47 Å². The minimum absolute atomic E-state index is 0.137. The molecule has 1 saturated heterocycles. The lowest BCUT2D eigenvalue weighted by Crippen LogP contribution is -2.43. The fraction of sp³-hybridized carbons (Fsp3) is 0.462. The first-order valence-electron chi connectivity index (χ1n) is 11.9. The van der Waals surface area contributed by atoms with E-state index in [2.05, 4.69) is 11.8 Å². The van der Waals surface area contributed by atoms with Crippen molar-refractivity contribution in [3.8, 4) is 5.75 Å². The number of ether oxygens (including phenoxy) is 2. The third-order valence-electron chi connectivity index (χ3n) is 6.24. The van der Waals surface area contributed by atoms with E-state index >= 15 is 0 Å². The van der Waals surface area contributed by atoms with E-state index in [1.165, 1.54) is 11.3 Å². The van der Waals surface area contributed by atoms with Gasteiger partial charge in [-0.3, -0.25) is 14.5 Å². The Bertz CT molecular complexity index is 1010. The van der Waals surface area contributed by atoms with Crippen molar-refractivity contribution in [2.24, 2.45) is 0 Å². The normalized spacial score (nSPS) is 19.1. The summed E-state index contributed by atoms with van der Waals surface area (Å²) in [5, 5.41) is 12.7. The lowest BCUT2D eigenvalue weighted by atomic mass is 9.95. The molecule has 0 saturated carbocycles. The van der Waals surface area contributed by atoms with Gasteiger partial charge in [0.15, 0.2) is 5.76 Å². The summed E-state index contributed by atoms with van der Waals surface area (Å²) in [5.74, 6) is -0.579. The van der Waals surface area contributed by atoms with E-state index in [-0.39, 0.29) is 11.4 Å². The van der Waals surface area contributed by atoms with E-state index in [0.717, 1.165) is 37.9 Å². The first kappa shape index (κ1) is 24.4. The van der Waals surface area contributed by atoms with Crippen LogP contribution in [0.3, 0.4) is 0 Å². The number of carbonyl (C=O) groups excluding carboxylic acids is 2. The fourth-order valence-electron chi connectivity index (χ4n) is 4.39. The molecule has 1 fully saturated rings. The van der Waals surface area contributed by atoms with Gasteiger partial charge in [-0.25, -0.2) is 0 Å². The zero-order valence-corrected chi connectivity index (χ0v) is 20.4. The summed E-state index contributed by atoms with van der Waals surface area (Å²) in [6, 6.07) is 10.4. The highest BCUT2D eigenvalue weighted by Gasteiger charge is 2.44. The number of hydrogen-bond acceptors (Lipinski definition) is 7. The number of morpholine rings is 1. The average Bonchev–Trinajstić information content (AvgIpc) is 3.49. The van der Waals surface area contributed by atoms with E-state index in [9.17, 15) is 14.7 Å². The van der Waals surface area contributed by atoms with Gasteiger partial charge in [-0.2, -0.15) is 0 Å². The van der Waals surface area contributed by atoms with E-state index in [1.807, 2.05) is 29.6 Å². The summed E-state index contributed by atoms with van der Waals surface area (Å²) >= 11 is 1.30. The maximum Gasteiger partial charge on any atom is 0.290 e. The van der Waals surface area contributed by atoms with Crippen molar-refractivity contribution in [2.45, 2.75) is 32.2 Å². The molecule has 1 aromatic heterocycles. The third-order valence-corrected chi connectivity index (χ3v) is 7.11. The third kappa shape index (κ3) is 5.51. The molecule has 0 aliphatic carbocycles. The van der Waals surface area contributed by atoms with Crippen LogP contribution in [0.25, 0.3) is 0 Å². The quantitative estimate of drug-likeness (QED) is 0.380. The highest BCUT2D eigenvalue weighted by atomic mass is 32.1. The number of thiophene rings is 1. The molecule has 34 heavy (non-hydrogen) atoms. The second kappa shape index (κ2) is 11.6. The van der Waals surface area contributed by atoms with Crippen LogP contribution in [-0.4, -0.2) is 72.6 Å². The number of carbonyl (C=O) groups is 2. The molecule has 2 aliphatic rings. The van der Waals surface area contributed by atoms with Crippen molar-refractivity contribution in [1.82, 2.24) is 9.80 Å². The lowest BCUT2D eigenvalue weighted by molar-refractivity contribution is -0.129. The van der Waals surface area contributed by atoms with Gasteiger partial charge in [0.2, 0.25) is 5.78 Å². The number of rotatable bonds is 11. The first-order valence-corrected chi connectivity index (χ1v) is 12.8. The number of ketones is 1.